The van der Waals surface area contributed by atoms with E-state index in [0.717, 1.165) is 29.3 Å². The van der Waals surface area contributed by atoms with Gasteiger partial charge in [0.25, 0.3) is 5.91 Å². The first-order valence-electron chi connectivity index (χ1n) is 11.2. The molecule has 0 spiro atoms. The van der Waals surface area contributed by atoms with Gasteiger partial charge in [-0.25, -0.2) is 0 Å². The smallest absolute Gasteiger partial charge is 0.251 e. The number of amides is 2. The standard InChI is InChI=1S/C27H32N2O2/c1-4-5-6-9-20-12-14-22(15-13-20)26(30)29-25(19(2)3)27(31)28-24-17-16-21-10-7-8-11-23(21)18-24/h7-8,10-19,25H,4-6,9H2,1-3H3,(H,28,31)(H,29,30). The number of anilines is 1. The molecule has 3 aromatic carbocycles. The number of hydrogen-bond acceptors (Lipinski definition) is 2. The lowest BCUT2D eigenvalue weighted by Gasteiger charge is -2.22. The fourth-order valence-electron chi connectivity index (χ4n) is 3.65. The molecule has 3 aromatic rings. The van der Waals surface area contributed by atoms with E-state index in [-0.39, 0.29) is 17.7 Å². The van der Waals surface area contributed by atoms with Crippen LogP contribution in [-0.4, -0.2) is 17.9 Å². The maximum absolute atomic E-state index is 12.9. The van der Waals surface area contributed by atoms with Crippen LogP contribution >= 0.6 is 0 Å². The summed E-state index contributed by atoms with van der Waals surface area (Å²) < 4.78 is 0. The van der Waals surface area contributed by atoms with Crippen LogP contribution in [0, 0.1) is 5.92 Å². The summed E-state index contributed by atoms with van der Waals surface area (Å²) in [6.45, 7) is 6.05. The molecule has 2 amide bonds. The normalized spacial score (nSPS) is 12.0. The molecule has 0 bridgehead atoms. The molecule has 0 fully saturated rings. The van der Waals surface area contributed by atoms with Crippen molar-refractivity contribution in [3.05, 3.63) is 77.9 Å². The molecule has 4 nitrogen and oxygen atoms in total. The van der Waals surface area contributed by atoms with E-state index in [1.807, 2.05) is 80.6 Å². The zero-order chi connectivity index (χ0) is 22.2. The second kappa shape index (κ2) is 10.8. The Morgan fingerprint density at radius 1 is 0.871 bits per heavy atom. The van der Waals surface area contributed by atoms with Crippen LogP contribution in [0.15, 0.2) is 66.7 Å². The molecule has 0 saturated heterocycles. The van der Waals surface area contributed by atoms with Crippen LogP contribution < -0.4 is 10.6 Å². The first kappa shape index (κ1) is 22.5. The Labute approximate surface area is 185 Å². The van der Waals surface area contributed by atoms with Gasteiger partial charge in [0.05, 0.1) is 0 Å². The molecule has 1 atom stereocenters. The van der Waals surface area contributed by atoms with E-state index >= 15 is 0 Å². The topological polar surface area (TPSA) is 58.2 Å². The molecule has 4 heteroatoms. The van der Waals surface area contributed by atoms with Crippen molar-refractivity contribution in [3.8, 4) is 0 Å². The molecule has 0 aromatic heterocycles. The first-order chi connectivity index (χ1) is 15.0. The number of rotatable bonds is 9. The van der Waals surface area contributed by atoms with Crippen LogP contribution in [0.25, 0.3) is 10.8 Å². The highest BCUT2D eigenvalue weighted by Crippen LogP contribution is 2.19. The number of fused-ring (bicyclic) bond motifs is 1. The molecule has 0 aliphatic rings. The predicted molar refractivity (Wildman–Crippen MR) is 128 cm³/mol. The third kappa shape index (κ3) is 6.17. The highest BCUT2D eigenvalue weighted by Gasteiger charge is 2.25. The fraction of sp³-hybridized carbons (Fsp3) is 0.333. The van der Waals surface area contributed by atoms with Crippen molar-refractivity contribution < 1.29 is 9.59 Å². The van der Waals surface area contributed by atoms with Gasteiger partial charge in [-0.05, 0) is 59.4 Å². The summed E-state index contributed by atoms with van der Waals surface area (Å²) >= 11 is 0. The Morgan fingerprint density at radius 3 is 2.26 bits per heavy atom. The predicted octanol–water partition coefficient (Wildman–Crippen LogP) is 5.97. The number of nitrogens with one attached hydrogen (secondary N) is 2. The quantitative estimate of drug-likeness (QED) is 0.423. The van der Waals surface area contributed by atoms with Gasteiger partial charge in [0, 0.05) is 11.3 Å². The highest BCUT2D eigenvalue weighted by molar-refractivity contribution is 6.02. The van der Waals surface area contributed by atoms with Gasteiger partial charge in [0.15, 0.2) is 0 Å². The van der Waals surface area contributed by atoms with Gasteiger partial charge >= 0.3 is 0 Å². The maximum atomic E-state index is 12.9. The summed E-state index contributed by atoms with van der Waals surface area (Å²) in [4.78, 5) is 25.7. The molecule has 0 saturated carbocycles. The summed E-state index contributed by atoms with van der Waals surface area (Å²) in [6.07, 6.45) is 4.59. The lowest BCUT2D eigenvalue weighted by Crippen LogP contribution is -2.47. The van der Waals surface area contributed by atoms with Crippen LogP contribution in [0.4, 0.5) is 5.69 Å². The van der Waals surface area contributed by atoms with E-state index in [1.54, 1.807) is 0 Å². The molecule has 0 aliphatic heterocycles. The van der Waals surface area contributed by atoms with Gasteiger partial charge in [-0.15, -0.1) is 0 Å². The highest BCUT2D eigenvalue weighted by atomic mass is 16.2. The SMILES string of the molecule is CCCCCc1ccc(C(=O)NC(C(=O)Nc2ccc3ccccc3c2)C(C)C)cc1. The molecule has 1 unspecified atom stereocenters. The molecule has 3 rings (SSSR count). The van der Waals surface area contributed by atoms with Crippen molar-refractivity contribution in [2.75, 3.05) is 5.32 Å². The minimum absolute atomic E-state index is 0.0438. The van der Waals surface area contributed by atoms with Gasteiger partial charge in [-0.2, -0.15) is 0 Å². The molecule has 2 N–H and O–H groups in total. The molecular formula is C27H32N2O2. The molecule has 0 heterocycles. The minimum atomic E-state index is -0.622. The number of carbonyl (C=O) groups is 2. The largest absolute Gasteiger partial charge is 0.340 e. The Bertz CT molecular complexity index is 1020. The van der Waals surface area contributed by atoms with E-state index in [1.165, 1.54) is 18.4 Å². The fourth-order valence-corrected chi connectivity index (χ4v) is 3.65. The van der Waals surface area contributed by atoms with Crippen molar-refractivity contribution in [3.63, 3.8) is 0 Å². The zero-order valence-electron chi connectivity index (χ0n) is 18.7. The second-order valence-corrected chi connectivity index (χ2v) is 8.40. The molecule has 0 radical (unpaired) electrons. The Balaban J connectivity index is 1.65. The molecular weight excluding hydrogens is 384 g/mol. The lowest BCUT2D eigenvalue weighted by atomic mass is 10.0. The minimum Gasteiger partial charge on any atom is -0.340 e. The van der Waals surface area contributed by atoms with E-state index < -0.39 is 6.04 Å². The van der Waals surface area contributed by atoms with Gasteiger partial charge in [0.1, 0.15) is 6.04 Å². The van der Waals surface area contributed by atoms with Crippen LogP contribution in [0.5, 0.6) is 0 Å². The average molecular weight is 417 g/mol. The van der Waals surface area contributed by atoms with Crippen molar-refractivity contribution in [1.29, 1.82) is 0 Å². The number of unbranched alkanes of at least 4 members (excludes halogenated alkanes) is 2. The Kier molecular flexibility index (Phi) is 7.82. The number of aryl methyl sites for hydroxylation is 1. The number of hydrogen-bond donors (Lipinski definition) is 2. The molecule has 0 aliphatic carbocycles. The second-order valence-electron chi connectivity index (χ2n) is 8.40. The third-order valence-electron chi connectivity index (χ3n) is 5.54. The Hall–Kier alpha value is -3.14. The van der Waals surface area contributed by atoms with Crippen molar-refractivity contribution in [2.45, 2.75) is 52.5 Å². The summed E-state index contributed by atoms with van der Waals surface area (Å²) in [6, 6.07) is 20.9. The zero-order valence-corrected chi connectivity index (χ0v) is 18.7. The number of carbonyl (C=O) groups excluding carboxylic acids is 2. The van der Waals surface area contributed by atoms with Crippen molar-refractivity contribution in [2.24, 2.45) is 5.92 Å². The van der Waals surface area contributed by atoms with Crippen LogP contribution in [0.2, 0.25) is 0 Å². The summed E-state index contributed by atoms with van der Waals surface area (Å²) in [5.74, 6) is -0.486. The van der Waals surface area contributed by atoms with Gasteiger partial charge in [0.2, 0.25) is 5.91 Å². The maximum Gasteiger partial charge on any atom is 0.251 e. The average Bonchev–Trinajstić information content (AvgIpc) is 2.77. The van der Waals surface area contributed by atoms with Gasteiger partial charge < -0.3 is 10.6 Å². The van der Waals surface area contributed by atoms with E-state index in [9.17, 15) is 9.59 Å². The molecule has 162 valence electrons. The van der Waals surface area contributed by atoms with Crippen LogP contribution in [0.3, 0.4) is 0 Å². The summed E-state index contributed by atoms with van der Waals surface area (Å²) in [5.41, 5.74) is 2.53. The van der Waals surface area contributed by atoms with Gasteiger partial charge in [-0.1, -0.05) is 76.1 Å². The van der Waals surface area contributed by atoms with E-state index in [4.69, 9.17) is 0 Å². The third-order valence-corrected chi connectivity index (χ3v) is 5.54. The van der Waals surface area contributed by atoms with E-state index in [2.05, 4.69) is 17.6 Å². The van der Waals surface area contributed by atoms with Gasteiger partial charge in [-0.3, -0.25) is 9.59 Å². The first-order valence-corrected chi connectivity index (χ1v) is 11.2. The summed E-state index contributed by atoms with van der Waals surface area (Å²) in [7, 11) is 0. The van der Waals surface area contributed by atoms with Crippen molar-refractivity contribution >= 4 is 28.3 Å². The van der Waals surface area contributed by atoms with Crippen LogP contribution in [-0.2, 0) is 11.2 Å². The lowest BCUT2D eigenvalue weighted by molar-refractivity contribution is -0.118. The molecule has 31 heavy (non-hydrogen) atoms. The van der Waals surface area contributed by atoms with Crippen LogP contribution in [0.1, 0.15) is 56.0 Å². The summed E-state index contributed by atoms with van der Waals surface area (Å²) in [5, 5.41) is 8.04. The van der Waals surface area contributed by atoms with Crippen molar-refractivity contribution in [1.82, 2.24) is 5.32 Å². The van der Waals surface area contributed by atoms with E-state index in [0.29, 0.717) is 5.56 Å². The Morgan fingerprint density at radius 2 is 1.58 bits per heavy atom. The monoisotopic (exact) mass is 416 g/mol. The number of benzene rings is 3.